The largest absolute Gasteiger partial charge is 0.467 e. The van der Waals surface area contributed by atoms with Crippen molar-refractivity contribution in [1.82, 2.24) is 10.6 Å². The van der Waals surface area contributed by atoms with E-state index in [0.29, 0.717) is 19.0 Å². The molecule has 0 bridgehead atoms. The van der Waals surface area contributed by atoms with Crippen LogP contribution in [0.3, 0.4) is 0 Å². The van der Waals surface area contributed by atoms with Crippen molar-refractivity contribution in [2.24, 2.45) is 4.99 Å². The molecule has 1 aromatic heterocycles. The van der Waals surface area contributed by atoms with Crippen molar-refractivity contribution in [2.45, 2.75) is 20.4 Å². The molecule has 136 valence electrons. The molecule has 0 unspecified atom stereocenters. The third kappa shape index (κ3) is 7.47. The molecule has 0 spiro atoms. The number of benzene rings is 1. The Balaban J connectivity index is 0.00000312. The molecule has 2 aromatic rings. The third-order valence-corrected chi connectivity index (χ3v) is 3.70. The van der Waals surface area contributed by atoms with Gasteiger partial charge in [-0.05, 0) is 43.7 Å². The molecule has 1 aromatic carbocycles. The van der Waals surface area contributed by atoms with Crippen LogP contribution in [0.25, 0.3) is 0 Å². The minimum Gasteiger partial charge on any atom is -0.467 e. The smallest absolute Gasteiger partial charge is 0.246 e. The van der Waals surface area contributed by atoms with Gasteiger partial charge in [-0.3, -0.25) is 4.79 Å². The van der Waals surface area contributed by atoms with Gasteiger partial charge in [-0.15, -0.1) is 24.0 Å². The molecular formula is C17H22BrIN4O2. The fourth-order valence-electron chi connectivity index (χ4n) is 2.00. The molecule has 0 atom stereocenters. The standard InChI is InChI=1S/C17H21BrN4O2.HI/c1-3-19-17(20-10-14-5-4-8-24-14)21-11-16(23)22-15-9-13(18)7-6-12(15)2;/h4-9H,3,10-11H2,1-2H3,(H,22,23)(H2,19,20,21);1H. The van der Waals surface area contributed by atoms with Crippen molar-refractivity contribution >= 4 is 57.5 Å². The molecule has 0 aliphatic heterocycles. The highest BCUT2D eigenvalue weighted by Gasteiger charge is 2.06. The van der Waals surface area contributed by atoms with Crippen molar-refractivity contribution in [1.29, 1.82) is 0 Å². The lowest BCUT2D eigenvalue weighted by Crippen LogP contribution is -2.37. The van der Waals surface area contributed by atoms with Crippen LogP contribution < -0.4 is 16.0 Å². The van der Waals surface area contributed by atoms with Crippen LogP contribution >= 0.6 is 39.9 Å². The second-order valence-electron chi connectivity index (χ2n) is 5.14. The molecular weight excluding hydrogens is 499 g/mol. The van der Waals surface area contributed by atoms with Crippen LogP contribution in [0.2, 0.25) is 0 Å². The fourth-order valence-corrected chi connectivity index (χ4v) is 2.36. The zero-order valence-electron chi connectivity index (χ0n) is 14.1. The van der Waals surface area contributed by atoms with Crippen LogP contribution in [0.15, 0.2) is 50.5 Å². The van der Waals surface area contributed by atoms with Crippen molar-refractivity contribution in [3.8, 4) is 0 Å². The molecule has 0 aliphatic rings. The number of rotatable bonds is 6. The maximum absolute atomic E-state index is 12.1. The summed E-state index contributed by atoms with van der Waals surface area (Å²) in [7, 11) is 0. The van der Waals surface area contributed by atoms with Gasteiger partial charge in [0, 0.05) is 16.7 Å². The van der Waals surface area contributed by atoms with Gasteiger partial charge in [0.15, 0.2) is 5.96 Å². The van der Waals surface area contributed by atoms with Gasteiger partial charge in [0.2, 0.25) is 5.91 Å². The van der Waals surface area contributed by atoms with E-state index in [2.05, 4.69) is 36.9 Å². The number of hydrogen-bond acceptors (Lipinski definition) is 3. The van der Waals surface area contributed by atoms with E-state index in [0.717, 1.165) is 21.5 Å². The van der Waals surface area contributed by atoms with Gasteiger partial charge in [0.1, 0.15) is 12.3 Å². The number of aryl methyl sites for hydroxylation is 1. The molecule has 0 saturated carbocycles. The van der Waals surface area contributed by atoms with E-state index >= 15 is 0 Å². The Kier molecular flexibility index (Phi) is 9.58. The first-order valence-corrected chi connectivity index (χ1v) is 8.48. The quantitative estimate of drug-likeness (QED) is 0.308. The van der Waals surface area contributed by atoms with Gasteiger partial charge in [0.05, 0.1) is 12.8 Å². The minimum atomic E-state index is -0.175. The number of halogens is 2. The van der Waals surface area contributed by atoms with Crippen LogP contribution in [0.1, 0.15) is 18.2 Å². The van der Waals surface area contributed by atoms with Gasteiger partial charge in [-0.2, -0.15) is 0 Å². The summed E-state index contributed by atoms with van der Waals surface area (Å²) in [6.45, 7) is 5.15. The van der Waals surface area contributed by atoms with Crippen molar-refractivity contribution in [3.05, 3.63) is 52.4 Å². The Bertz CT molecular complexity index is 705. The molecule has 8 heteroatoms. The second-order valence-corrected chi connectivity index (χ2v) is 6.05. The highest BCUT2D eigenvalue weighted by molar-refractivity contribution is 14.0. The summed E-state index contributed by atoms with van der Waals surface area (Å²) >= 11 is 3.40. The minimum absolute atomic E-state index is 0. The average Bonchev–Trinajstić information content (AvgIpc) is 3.07. The van der Waals surface area contributed by atoms with Gasteiger partial charge in [-0.25, -0.2) is 4.99 Å². The topological polar surface area (TPSA) is 78.7 Å². The maximum atomic E-state index is 12.1. The lowest BCUT2D eigenvalue weighted by atomic mass is 10.2. The number of nitrogens with one attached hydrogen (secondary N) is 3. The number of anilines is 1. The number of carbonyl (C=O) groups excluding carboxylic acids is 1. The van der Waals surface area contributed by atoms with Gasteiger partial charge in [-0.1, -0.05) is 22.0 Å². The van der Waals surface area contributed by atoms with E-state index in [9.17, 15) is 4.79 Å². The van der Waals surface area contributed by atoms with Crippen LogP contribution in [0.4, 0.5) is 5.69 Å². The van der Waals surface area contributed by atoms with E-state index < -0.39 is 0 Å². The highest BCUT2D eigenvalue weighted by Crippen LogP contribution is 2.20. The van der Waals surface area contributed by atoms with E-state index in [1.807, 2.05) is 44.2 Å². The third-order valence-electron chi connectivity index (χ3n) is 3.21. The number of nitrogens with zero attached hydrogens (tertiary/aromatic N) is 1. The lowest BCUT2D eigenvalue weighted by molar-refractivity contribution is -0.114. The molecule has 3 N–H and O–H groups in total. The van der Waals surface area contributed by atoms with E-state index in [-0.39, 0.29) is 36.4 Å². The predicted molar refractivity (Wildman–Crippen MR) is 114 cm³/mol. The summed E-state index contributed by atoms with van der Waals surface area (Å²) in [4.78, 5) is 16.4. The van der Waals surface area contributed by atoms with Crippen molar-refractivity contribution in [2.75, 3.05) is 18.4 Å². The van der Waals surface area contributed by atoms with Crippen LogP contribution in [-0.4, -0.2) is 25.0 Å². The maximum Gasteiger partial charge on any atom is 0.246 e. The Morgan fingerprint density at radius 1 is 1.28 bits per heavy atom. The Morgan fingerprint density at radius 2 is 2.08 bits per heavy atom. The Morgan fingerprint density at radius 3 is 2.76 bits per heavy atom. The van der Waals surface area contributed by atoms with Gasteiger partial charge in [0.25, 0.3) is 0 Å². The monoisotopic (exact) mass is 520 g/mol. The molecule has 6 nitrogen and oxygen atoms in total. The predicted octanol–water partition coefficient (Wildman–Crippen LogP) is 3.66. The fraction of sp³-hybridized carbons (Fsp3) is 0.294. The Labute approximate surface area is 173 Å². The summed E-state index contributed by atoms with van der Waals surface area (Å²) in [6.07, 6.45) is 1.62. The van der Waals surface area contributed by atoms with E-state index in [1.165, 1.54) is 0 Å². The zero-order valence-corrected chi connectivity index (χ0v) is 18.1. The van der Waals surface area contributed by atoms with Gasteiger partial charge < -0.3 is 20.4 Å². The van der Waals surface area contributed by atoms with E-state index in [4.69, 9.17) is 4.42 Å². The van der Waals surface area contributed by atoms with Crippen molar-refractivity contribution in [3.63, 3.8) is 0 Å². The second kappa shape index (κ2) is 11.1. The van der Waals surface area contributed by atoms with Crippen LogP contribution in [-0.2, 0) is 11.3 Å². The summed E-state index contributed by atoms with van der Waals surface area (Å²) < 4.78 is 6.18. The molecule has 1 heterocycles. The first kappa shape index (κ1) is 21.5. The van der Waals surface area contributed by atoms with Crippen LogP contribution in [0.5, 0.6) is 0 Å². The molecule has 2 rings (SSSR count). The molecule has 0 radical (unpaired) electrons. The van der Waals surface area contributed by atoms with Crippen molar-refractivity contribution < 1.29 is 9.21 Å². The first-order valence-electron chi connectivity index (χ1n) is 7.69. The number of furan rings is 1. The van der Waals surface area contributed by atoms with Crippen LogP contribution in [0, 0.1) is 6.92 Å². The highest BCUT2D eigenvalue weighted by atomic mass is 127. The number of aliphatic imine (C=N–C) groups is 1. The van der Waals surface area contributed by atoms with Gasteiger partial charge >= 0.3 is 0 Å². The summed E-state index contributed by atoms with van der Waals surface area (Å²) in [6, 6.07) is 9.45. The number of hydrogen-bond donors (Lipinski definition) is 3. The SMILES string of the molecule is CCNC(=NCC(=O)Nc1cc(Br)ccc1C)NCc1ccco1.I. The number of guanidine groups is 1. The number of carbonyl (C=O) groups is 1. The molecule has 1 amide bonds. The summed E-state index contributed by atoms with van der Waals surface area (Å²) in [5.74, 6) is 1.19. The Hall–Kier alpha value is -1.55. The lowest BCUT2D eigenvalue weighted by Gasteiger charge is -2.11. The summed E-state index contributed by atoms with van der Waals surface area (Å²) in [5.41, 5.74) is 1.77. The normalized spacial score (nSPS) is 10.8. The molecule has 25 heavy (non-hydrogen) atoms. The van der Waals surface area contributed by atoms with E-state index in [1.54, 1.807) is 6.26 Å². The first-order chi connectivity index (χ1) is 11.6. The number of amides is 1. The molecule has 0 aliphatic carbocycles. The average molecular weight is 521 g/mol. The molecule has 0 saturated heterocycles. The zero-order chi connectivity index (χ0) is 17.4. The molecule has 0 fully saturated rings. The summed E-state index contributed by atoms with van der Waals surface area (Å²) in [5, 5.41) is 9.08.